The second-order valence-electron chi connectivity index (χ2n) is 5.47. The van der Waals surface area contributed by atoms with Gasteiger partial charge in [-0.2, -0.15) is 0 Å². The van der Waals surface area contributed by atoms with Gasteiger partial charge in [-0.1, -0.05) is 38.8 Å². The number of amides is 2. The van der Waals surface area contributed by atoms with Gasteiger partial charge in [-0.3, -0.25) is 9.59 Å². The molecule has 0 aromatic carbocycles. The van der Waals surface area contributed by atoms with Gasteiger partial charge in [-0.25, -0.2) is 0 Å². The maximum atomic E-state index is 12.8. The van der Waals surface area contributed by atoms with Crippen LogP contribution in [0, 0.1) is 0 Å². The van der Waals surface area contributed by atoms with E-state index >= 15 is 0 Å². The number of halogens is 1. The van der Waals surface area contributed by atoms with Crippen LogP contribution in [-0.2, 0) is 9.59 Å². The number of rotatable bonds is 6. The van der Waals surface area contributed by atoms with Crippen LogP contribution in [0.2, 0.25) is 0 Å². The highest BCUT2D eigenvalue weighted by atomic mass is 35.5. The standard InChI is InChI=1S/C15H25ClN2O2/c1-5-8-12-13(19)17-15(6-2,7-3)14(20)18(12)10-11(4)9-16/h9,12H,5-8,10H2,1-4H3,(H,17,19). The van der Waals surface area contributed by atoms with Gasteiger partial charge in [0.15, 0.2) is 0 Å². The molecule has 1 unspecified atom stereocenters. The molecule has 0 bridgehead atoms. The molecule has 2 amide bonds. The van der Waals surface area contributed by atoms with Crippen molar-refractivity contribution in [2.24, 2.45) is 0 Å². The fraction of sp³-hybridized carbons (Fsp3) is 0.733. The zero-order chi connectivity index (χ0) is 15.3. The molecule has 20 heavy (non-hydrogen) atoms. The molecule has 1 aliphatic rings. The molecule has 1 saturated heterocycles. The van der Waals surface area contributed by atoms with Crippen molar-refractivity contribution in [1.29, 1.82) is 0 Å². The predicted octanol–water partition coefficient (Wildman–Crippen LogP) is 2.81. The molecule has 1 rings (SSSR count). The van der Waals surface area contributed by atoms with E-state index in [1.165, 1.54) is 5.54 Å². The average molecular weight is 301 g/mol. The fourth-order valence-electron chi connectivity index (χ4n) is 2.71. The number of nitrogens with one attached hydrogen (secondary N) is 1. The van der Waals surface area contributed by atoms with E-state index in [0.29, 0.717) is 25.8 Å². The third-order valence-electron chi connectivity index (χ3n) is 4.09. The van der Waals surface area contributed by atoms with Gasteiger partial charge in [0.1, 0.15) is 11.6 Å². The first-order chi connectivity index (χ1) is 9.45. The Morgan fingerprint density at radius 1 is 1.35 bits per heavy atom. The van der Waals surface area contributed by atoms with Crippen molar-refractivity contribution in [2.45, 2.75) is 65.0 Å². The summed E-state index contributed by atoms with van der Waals surface area (Å²) in [6.45, 7) is 8.17. The van der Waals surface area contributed by atoms with Crippen LogP contribution < -0.4 is 5.32 Å². The van der Waals surface area contributed by atoms with Gasteiger partial charge >= 0.3 is 0 Å². The summed E-state index contributed by atoms with van der Waals surface area (Å²) in [5.41, 5.74) is 1.60. The molecule has 0 aromatic heterocycles. The largest absolute Gasteiger partial charge is 0.340 e. The van der Waals surface area contributed by atoms with Crippen molar-refractivity contribution in [1.82, 2.24) is 10.2 Å². The van der Waals surface area contributed by atoms with Gasteiger partial charge in [-0.15, -0.1) is 0 Å². The minimum absolute atomic E-state index is 0.0124. The molecule has 0 aromatic rings. The monoisotopic (exact) mass is 300 g/mol. The molecule has 4 nitrogen and oxygen atoms in total. The van der Waals surface area contributed by atoms with Gasteiger partial charge in [-0.05, 0) is 31.8 Å². The molecule has 1 aliphatic heterocycles. The average Bonchev–Trinajstić information content (AvgIpc) is 2.46. The SMILES string of the molecule is CCCC1C(=O)NC(CC)(CC)C(=O)N1CC(C)=CCl. The van der Waals surface area contributed by atoms with Crippen LogP contribution in [0.15, 0.2) is 11.1 Å². The van der Waals surface area contributed by atoms with E-state index in [0.717, 1.165) is 12.0 Å². The van der Waals surface area contributed by atoms with Crippen molar-refractivity contribution >= 4 is 23.4 Å². The third kappa shape index (κ3) is 3.17. The van der Waals surface area contributed by atoms with Gasteiger partial charge in [0.25, 0.3) is 0 Å². The lowest BCUT2D eigenvalue weighted by atomic mass is 9.86. The lowest BCUT2D eigenvalue weighted by Crippen LogP contribution is -2.70. The lowest BCUT2D eigenvalue weighted by Gasteiger charge is -2.45. The minimum atomic E-state index is -0.756. The summed E-state index contributed by atoms with van der Waals surface area (Å²) in [5, 5.41) is 2.95. The number of nitrogens with zero attached hydrogens (tertiary/aromatic N) is 1. The molecule has 1 atom stereocenters. The molecule has 114 valence electrons. The van der Waals surface area contributed by atoms with Crippen LogP contribution in [-0.4, -0.2) is 34.8 Å². The Morgan fingerprint density at radius 2 is 1.95 bits per heavy atom. The summed E-state index contributed by atoms with van der Waals surface area (Å²) in [6, 6.07) is -0.384. The number of carbonyl (C=O) groups is 2. The quantitative estimate of drug-likeness (QED) is 0.820. The zero-order valence-corrected chi connectivity index (χ0v) is 13.6. The lowest BCUT2D eigenvalue weighted by molar-refractivity contribution is -0.155. The Labute approximate surface area is 126 Å². The molecular weight excluding hydrogens is 276 g/mol. The Bertz CT molecular complexity index is 403. The first-order valence-corrected chi connectivity index (χ1v) is 7.78. The van der Waals surface area contributed by atoms with E-state index in [-0.39, 0.29) is 17.9 Å². The highest BCUT2D eigenvalue weighted by Crippen LogP contribution is 2.27. The van der Waals surface area contributed by atoms with E-state index in [9.17, 15) is 9.59 Å². The summed E-state index contributed by atoms with van der Waals surface area (Å²) in [5.74, 6) is -0.0315. The molecule has 0 saturated carbocycles. The second kappa shape index (κ2) is 7.11. The van der Waals surface area contributed by atoms with Gasteiger partial charge in [0.05, 0.1) is 0 Å². The van der Waals surface area contributed by atoms with Crippen molar-refractivity contribution < 1.29 is 9.59 Å². The third-order valence-corrected chi connectivity index (χ3v) is 4.46. The molecular formula is C15H25ClN2O2. The van der Waals surface area contributed by atoms with Gasteiger partial charge in [0.2, 0.25) is 11.8 Å². The van der Waals surface area contributed by atoms with Crippen LogP contribution in [0.1, 0.15) is 53.4 Å². The normalized spacial score (nSPS) is 22.9. The number of carbonyl (C=O) groups excluding carboxylic acids is 2. The first-order valence-electron chi connectivity index (χ1n) is 7.34. The number of piperazine rings is 1. The smallest absolute Gasteiger partial charge is 0.249 e. The van der Waals surface area contributed by atoms with E-state index in [4.69, 9.17) is 11.6 Å². The molecule has 0 aliphatic carbocycles. The van der Waals surface area contributed by atoms with Crippen molar-refractivity contribution in [3.05, 3.63) is 11.1 Å². The molecule has 1 N–H and O–H groups in total. The highest BCUT2D eigenvalue weighted by molar-refractivity contribution is 6.25. The van der Waals surface area contributed by atoms with Crippen LogP contribution >= 0.6 is 11.6 Å². The van der Waals surface area contributed by atoms with Gasteiger partial charge < -0.3 is 10.2 Å². The van der Waals surface area contributed by atoms with E-state index in [1.807, 2.05) is 27.7 Å². The van der Waals surface area contributed by atoms with E-state index < -0.39 is 5.54 Å². The van der Waals surface area contributed by atoms with Gasteiger partial charge in [0, 0.05) is 12.1 Å². The van der Waals surface area contributed by atoms with Crippen molar-refractivity contribution in [3.63, 3.8) is 0 Å². The molecule has 0 spiro atoms. The molecule has 1 fully saturated rings. The number of hydrogen-bond donors (Lipinski definition) is 1. The molecule has 0 radical (unpaired) electrons. The fourth-order valence-corrected chi connectivity index (χ4v) is 2.77. The van der Waals surface area contributed by atoms with Crippen LogP contribution in [0.3, 0.4) is 0 Å². The van der Waals surface area contributed by atoms with Crippen molar-refractivity contribution in [3.8, 4) is 0 Å². The minimum Gasteiger partial charge on any atom is -0.340 e. The molecule has 5 heteroatoms. The summed E-state index contributed by atoms with van der Waals surface area (Å²) in [6.07, 6.45) is 2.74. The zero-order valence-electron chi connectivity index (χ0n) is 12.8. The summed E-state index contributed by atoms with van der Waals surface area (Å²) in [4.78, 5) is 26.9. The van der Waals surface area contributed by atoms with E-state index in [2.05, 4.69) is 5.32 Å². The second-order valence-corrected chi connectivity index (χ2v) is 5.69. The Kier molecular flexibility index (Phi) is 6.06. The highest BCUT2D eigenvalue weighted by Gasteiger charge is 2.48. The topological polar surface area (TPSA) is 49.4 Å². The van der Waals surface area contributed by atoms with Crippen LogP contribution in [0.25, 0.3) is 0 Å². The van der Waals surface area contributed by atoms with E-state index in [1.54, 1.807) is 4.90 Å². The summed E-state index contributed by atoms with van der Waals surface area (Å²) < 4.78 is 0. The number of hydrogen-bond acceptors (Lipinski definition) is 2. The first kappa shape index (κ1) is 17.0. The molecule has 1 heterocycles. The Balaban J connectivity index is 3.13. The van der Waals surface area contributed by atoms with Crippen LogP contribution in [0.5, 0.6) is 0 Å². The Morgan fingerprint density at radius 3 is 2.40 bits per heavy atom. The van der Waals surface area contributed by atoms with Crippen molar-refractivity contribution in [2.75, 3.05) is 6.54 Å². The Hall–Kier alpha value is -1.03. The maximum absolute atomic E-state index is 12.8. The summed E-state index contributed by atoms with van der Waals surface area (Å²) >= 11 is 5.72. The predicted molar refractivity (Wildman–Crippen MR) is 81.5 cm³/mol. The van der Waals surface area contributed by atoms with Crippen LogP contribution in [0.4, 0.5) is 0 Å². The summed E-state index contributed by atoms with van der Waals surface area (Å²) in [7, 11) is 0. The maximum Gasteiger partial charge on any atom is 0.249 e.